The fourth-order valence-electron chi connectivity index (χ4n) is 1.02. The average molecular weight is 338 g/mol. The van der Waals surface area contributed by atoms with Gasteiger partial charge in [-0.25, -0.2) is 15.4 Å². The highest BCUT2D eigenvalue weighted by atomic mass is 32.8. The third-order valence-electron chi connectivity index (χ3n) is 1.80. The van der Waals surface area contributed by atoms with Gasteiger partial charge in [-0.05, 0) is 37.2 Å². The molecule has 1 unspecified atom stereocenters. The number of hydrogen-bond donors (Lipinski definition) is 1. The maximum atomic E-state index is 10.8. The van der Waals surface area contributed by atoms with E-state index in [4.69, 9.17) is 8.74 Å². The zero-order valence-electron chi connectivity index (χ0n) is 9.37. The molecule has 0 saturated carbocycles. The van der Waals surface area contributed by atoms with E-state index in [1.54, 1.807) is 11.8 Å². The van der Waals surface area contributed by atoms with E-state index in [9.17, 15) is 8.42 Å². The maximum Gasteiger partial charge on any atom is 0.141 e. The van der Waals surface area contributed by atoms with E-state index in [2.05, 4.69) is 22.4 Å². The lowest BCUT2D eigenvalue weighted by Crippen LogP contribution is -2.02. The summed E-state index contributed by atoms with van der Waals surface area (Å²) in [6.07, 6.45) is 3.45. The Labute approximate surface area is 119 Å². The Kier molecular flexibility index (Phi) is 11.5. The highest BCUT2D eigenvalue weighted by Gasteiger charge is 1.99. The van der Waals surface area contributed by atoms with Crippen molar-refractivity contribution in [2.75, 3.05) is 23.9 Å². The van der Waals surface area contributed by atoms with E-state index in [1.165, 1.54) is 0 Å². The van der Waals surface area contributed by atoms with E-state index in [0.717, 1.165) is 30.8 Å². The van der Waals surface area contributed by atoms with E-state index in [-0.39, 0.29) is 5.75 Å². The van der Waals surface area contributed by atoms with Gasteiger partial charge in [0.2, 0.25) is 0 Å². The summed E-state index contributed by atoms with van der Waals surface area (Å²) in [5, 5.41) is 0. The predicted molar refractivity (Wildman–Crippen MR) is 80.2 cm³/mol. The zero-order chi connectivity index (χ0) is 13.1. The molecule has 0 fully saturated rings. The van der Waals surface area contributed by atoms with E-state index < -0.39 is 18.4 Å². The smallest absolute Gasteiger partial charge is 0.141 e. The van der Waals surface area contributed by atoms with Gasteiger partial charge in [-0.1, -0.05) is 9.64 Å². The average Bonchev–Trinajstić information content (AvgIpc) is 2.18. The van der Waals surface area contributed by atoms with E-state index in [1.807, 2.05) is 0 Å². The van der Waals surface area contributed by atoms with Gasteiger partial charge in [0.05, 0.1) is 0 Å². The van der Waals surface area contributed by atoms with Crippen LogP contribution in [0.3, 0.4) is 0 Å². The predicted octanol–water partition coefficient (Wildman–Crippen LogP) is 1.86. The van der Waals surface area contributed by atoms with Crippen LogP contribution in [-0.4, -0.2) is 32.6 Å². The molecule has 0 amide bonds. The van der Waals surface area contributed by atoms with E-state index >= 15 is 0 Å². The first-order valence-corrected chi connectivity index (χ1v) is 10.9. The molecule has 0 rings (SSSR count). The Bertz CT molecular complexity index is 341. The Hall–Kier alpha value is 1.01. The van der Waals surface area contributed by atoms with Crippen LogP contribution in [0.25, 0.3) is 0 Å². The summed E-state index contributed by atoms with van der Waals surface area (Å²) in [4.78, 5) is 0. The topological polar surface area (TPSA) is 63.6 Å². The molecule has 0 radical (unpaired) electrons. The van der Waals surface area contributed by atoms with Crippen LogP contribution in [0.4, 0.5) is 0 Å². The van der Waals surface area contributed by atoms with Gasteiger partial charge in [-0.3, -0.25) is 0 Å². The van der Waals surface area contributed by atoms with Crippen molar-refractivity contribution in [1.29, 1.82) is 0 Å². The standard InChI is InChI=1S/C8H17O4S5/c9-16(13)12-5-1-2-6-15-7-3-4-8-17(10,11)14/h1-8H2,(H,10,11,14)/q-1. The third kappa shape index (κ3) is 17.0. The molecule has 17 heavy (non-hydrogen) atoms. The van der Waals surface area contributed by atoms with Gasteiger partial charge in [-0.15, -0.1) is 0 Å². The van der Waals surface area contributed by atoms with Crippen molar-refractivity contribution >= 4 is 52.6 Å². The monoisotopic (exact) mass is 337 g/mol. The van der Waals surface area contributed by atoms with Crippen LogP contribution in [0.15, 0.2) is 0 Å². The molecule has 0 spiro atoms. The zero-order valence-corrected chi connectivity index (χ0v) is 13.5. The first-order chi connectivity index (χ1) is 7.92. The van der Waals surface area contributed by atoms with Crippen molar-refractivity contribution in [3.63, 3.8) is 0 Å². The second-order valence-electron chi connectivity index (χ2n) is 3.34. The lowest BCUT2D eigenvalue weighted by molar-refractivity contribution is 0.342. The van der Waals surface area contributed by atoms with Crippen LogP contribution < -0.4 is 0 Å². The number of rotatable bonds is 11. The number of hydrogen-bond acceptors (Lipinski definition) is 7. The molecule has 0 heterocycles. The highest BCUT2D eigenvalue weighted by molar-refractivity contribution is 8.29. The van der Waals surface area contributed by atoms with Crippen LogP contribution in [-0.2, 0) is 49.2 Å². The second kappa shape index (κ2) is 10.9. The fourth-order valence-corrected chi connectivity index (χ4v) is 3.42. The van der Waals surface area contributed by atoms with Crippen molar-refractivity contribution in [2.24, 2.45) is 0 Å². The van der Waals surface area contributed by atoms with E-state index in [0.29, 0.717) is 13.0 Å². The molecule has 104 valence electrons. The van der Waals surface area contributed by atoms with Crippen LogP contribution in [0, 0.1) is 0 Å². The molecule has 1 N–H and O–H groups in total. The lowest BCUT2D eigenvalue weighted by Gasteiger charge is -2.05. The van der Waals surface area contributed by atoms with Gasteiger partial charge >= 0.3 is 0 Å². The van der Waals surface area contributed by atoms with Gasteiger partial charge in [0.1, 0.15) is 8.77 Å². The van der Waals surface area contributed by atoms with Gasteiger partial charge in [0.25, 0.3) is 0 Å². The van der Waals surface area contributed by atoms with Crippen molar-refractivity contribution in [3.05, 3.63) is 0 Å². The molecular formula is C8H17O4S5-. The van der Waals surface area contributed by atoms with Gasteiger partial charge in [0.15, 0.2) is 0 Å². The van der Waals surface area contributed by atoms with Crippen molar-refractivity contribution < 1.29 is 17.2 Å². The molecule has 0 saturated heterocycles. The molecular weight excluding hydrogens is 320 g/mol. The third-order valence-corrected chi connectivity index (χ3v) is 4.91. The summed E-state index contributed by atoms with van der Waals surface area (Å²) in [6, 6.07) is 0. The molecule has 0 aromatic heterocycles. The van der Waals surface area contributed by atoms with Crippen LogP contribution in [0.1, 0.15) is 25.7 Å². The van der Waals surface area contributed by atoms with Crippen LogP contribution in [0.5, 0.6) is 0 Å². The molecule has 0 aliphatic carbocycles. The Morgan fingerprint density at radius 1 is 1.24 bits per heavy atom. The first-order valence-electron chi connectivity index (χ1n) is 5.17. The summed E-state index contributed by atoms with van der Waals surface area (Å²) in [5.41, 5.74) is 0. The Morgan fingerprint density at radius 2 is 1.82 bits per heavy atom. The highest BCUT2D eigenvalue weighted by Crippen LogP contribution is 2.08. The molecule has 0 aromatic carbocycles. The first kappa shape index (κ1) is 18.0. The van der Waals surface area contributed by atoms with Crippen molar-refractivity contribution in [1.82, 2.24) is 0 Å². The summed E-state index contributed by atoms with van der Waals surface area (Å²) >= 11 is 10.5. The number of unbranched alkanes of at least 4 members (excludes halogenated alkanes) is 2. The molecule has 0 bridgehead atoms. The van der Waals surface area contributed by atoms with Gasteiger partial charge in [-0.2, -0.15) is 11.8 Å². The summed E-state index contributed by atoms with van der Waals surface area (Å²) in [6.45, 7) is 0.444. The second-order valence-corrected chi connectivity index (χ2v) is 9.16. The molecule has 9 heteroatoms. The van der Waals surface area contributed by atoms with Crippen LogP contribution >= 0.6 is 11.8 Å². The fraction of sp³-hybridized carbons (Fsp3) is 1.00. The molecule has 0 aliphatic rings. The largest absolute Gasteiger partial charge is 0.444 e. The van der Waals surface area contributed by atoms with Crippen molar-refractivity contribution in [2.45, 2.75) is 25.7 Å². The molecule has 0 aromatic rings. The van der Waals surface area contributed by atoms with Crippen molar-refractivity contribution in [3.8, 4) is 0 Å². The summed E-state index contributed by atoms with van der Waals surface area (Å²) in [5.74, 6) is 2.19. The quantitative estimate of drug-likeness (QED) is 0.456. The summed E-state index contributed by atoms with van der Waals surface area (Å²) in [7, 11) is -4.54. The van der Waals surface area contributed by atoms with Gasteiger partial charge in [0, 0.05) is 23.5 Å². The summed E-state index contributed by atoms with van der Waals surface area (Å²) < 4.78 is 34.7. The number of thioether (sulfide) groups is 1. The minimum absolute atomic E-state index is 0.210. The Balaban J connectivity index is 3.14. The SMILES string of the molecule is O=[S-](=S)OCCCCSCCCCS(=O)(O)=S. The lowest BCUT2D eigenvalue weighted by atomic mass is 10.4. The molecule has 0 aliphatic heterocycles. The molecule has 4 nitrogen and oxygen atoms in total. The molecule has 1 atom stereocenters. The Morgan fingerprint density at radius 3 is 2.35 bits per heavy atom. The normalized spacial score (nSPS) is 14.9. The van der Waals surface area contributed by atoms with Crippen LogP contribution in [0.2, 0.25) is 0 Å². The minimum atomic E-state index is -2.97. The minimum Gasteiger partial charge on any atom is -0.444 e. The maximum absolute atomic E-state index is 10.8. The van der Waals surface area contributed by atoms with Gasteiger partial charge < -0.3 is 12.9 Å².